The molecule has 0 radical (unpaired) electrons. The number of amides is 2. The number of benzene rings is 2. The lowest BCUT2D eigenvalue weighted by atomic mass is 10.1. The van der Waals surface area contributed by atoms with Crippen molar-refractivity contribution >= 4 is 34.8 Å². The molecular formula is C22H26ClN3O2. The van der Waals surface area contributed by atoms with Gasteiger partial charge in [-0.3, -0.25) is 9.59 Å². The molecular weight excluding hydrogens is 374 g/mol. The van der Waals surface area contributed by atoms with Crippen molar-refractivity contribution in [3.05, 3.63) is 58.6 Å². The smallest absolute Gasteiger partial charge is 0.253 e. The molecule has 1 aliphatic heterocycles. The van der Waals surface area contributed by atoms with Crippen LogP contribution in [0.5, 0.6) is 0 Å². The first-order valence-electron chi connectivity index (χ1n) is 9.72. The number of carbonyl (C=O) groups is 2. The Labute approximate surface area is 171 Å². The minimum absolute atomic E-state index is 0.0330. The molecule has 0 bridgehead atoms. The summed E-state index contributed by atoms with van der Waals surface area (Å²) in [5, 5.41) is 6.57. The third kappa shape index (κ3) is 5.49. The van der Waals surface area contributed by atoms with Crippen LogP contribution < -0.4 is 10.6 Å². The summed E-state index contributed by atoms with van der Waals surface area (Å²) >= 11 is 6.01. The van der Waals surface area contributed by atoms with E-state index in [9.17, 15) is 9.59 Å². The third-order valence-electron chi connectivity index (χ3n) is 4.93. The highest BCUT2D eigenvalue weighted by Gasteiger charge is 2.17. The van der Waals surface area contributed by atoms with E-state index in [1.807, 2.05) is 24.0 Å². The fourth-order valence-corrected chi connectivity index (χ4v) is 3.52. The van der Waals surface area contributed by atoms with Gasteiger partial charge in [-0.1, -0.05) is 36.6 Å². The van der Waals surface area contributed by atoms with Gasteiger partial charge in [-0.2, -0.15) is 0 Å². The molecule has 2 aromatic rings. The number of anilines is 2. The highest BCUT2D eigenvalue weighted by atomic mass is 35.5. The third-order valence-corrected chi connectivity index (χ3v) is 5.16. The highest BCUT2D eigenvalue weighted by molar-refractivity contribution is 6.30. The average molecular weight is 400 g/mol. The summed E-state index contributed by atoms with van der Waals surface area (Å²) in [5.41, 5.74) is 3.07. The number of hydrogen-bond donors (Lipinski definition) is 2. The average Bonchev–Trinajstić information content (AvgIpc) is 2.98. The molecule has 3 rings (SSSR count). The van der Waals surface area contributed by atoms with Gasteiger partial charge >= 0.3 is 0 Å². The molecule has 6 heteroatoms. The molecule has 148 valence electrons. The van der Waals surface area contributed by atoms with Gasteiger partial charge in [-0.05, 0) is 55.7 Å². The highest BCUT2D eigenvalue weighted by Crippen LogP contribution is 2.20. The van der Waals surface area contributed by atoms with E-state index in [1.165, 1.54) is 12.8 Å². The summed E-state index contributed by atoms with van der Waals surface area (Å²) in [6.07, 6.45) is 4.46. The van der Waals surface area contributed by atoms with Gasteiger partial charge < -0.3 is 15.5 Å². The molecule has 0 saturated carbocycles. The fraction of sp³-hybridized carbons (Fsp3) is 0.364. The van der Waals surface area contributed by atoms with Crippen LogP contribution in [0.1, 0.15) is 41.6 Å². The maximum absolute atomic E-state index is 12.8. The first-order chi connectivity index (χ1) is 13.5. The number of nitrogens with zero attached hydrogens (tertiary/aromatic N) is 1. The van der Waals surface area contributed by atoms with Crippen LogP contribution in [-0.2, 0) is 4.79 Å². The summed E-state index contributed by atoms with van der Waals surface area (Å²) in [6.45, 7) is 3.68. The van der Waals surface area contributed by atoms with Crippen LogP contribution in [0.3, 0.4) is 0 Å². The quantitative estimate of drug-likeness (QED) is 0.765. The molecule has 1 saturated heterocycles. The molecule has 2 aromatic carbocycles. The van der Waals surface area contributed by atoms with E-state index in [0.717, 1.165) is 37.2 Å². The molecule has 0 spiro atoms. The second-order valence-corrected chi connectivity index (χ2v) is 7.58. The van der Waals surface area contributed by atoms with Crippen molar-refractivity contribution in [3.8, 4) is 0 Å². The second-order valence-electron chi connectivity index (χ2n) is 7.15. The van der Waals surface area contributed by atoms with Crippen molar-refractivity contribution in [2.75, 3.05) is 30.3 Å². The Balaban J connectivity index is 1.59. The molecule has 1 heterocycles. The number of aryl methyl sites for hydroxylation is 1. The van der Waals surface area contributed by atoms with Gasteiger partial charge in [0.05, 0.1) is 6.54 Å². The first kappa shape index (κ1) is 20.2. The Kier molecular flexibility index (Phi) is 6.93. The number of halogens is 1. The zero-order chi connectivity index (χ0) is 19.9. The Hall–Kier alpha value is -2.53. The van der Waals surface area contributed by atoms with Crippen molar-refractivity contribution in [1.29, 1.82) is 0 Å². The predicted octanol–water partition coefficient (Wildman–Crippen LogP) is 4.72. The van der Waals surface area contributed by atoms with Gasteiger partial charge in [0, 0.05) is 35.1 Å². The zero-order valence-electron chi connectivity index (χ0n) is 16.1. The van der Waals surface area contributed by atoms with Crippen molar-refractivity contribution < 1.29 is 9.59 Å². The summed E-state index contributed by atoms with van der Waals surface area (Å²) in [6, 6.07) is 12.7. The van der Waals surface area contributed by atoms with Gasteiger partial charge in [0.1, 0.15) is 0 Å². The zero-order valence-corrected chi connectivity index (χ0v) is 16.9. The van der Waals surface area contributed by atoms with E-state index in [-0.39, 0.29) is 18.4 Å². The molecule has 0 unspecified atom stereocenters. The molecule has 5 nitrogen and oxygen atoms in total. The van der Waals surface area contributed by atoms with Crippen LogP contribution in [0.2, 0.25) is 5.02 Å². The van der Waals surface area contributed by atoms with Crippen LogP contribution in [0.4, 0.5) is 11.4 Å². The fourth-order valence-electron chi connectivity index (χ4n) is 3.35. The maximum Gasteiger partial charge on any atom is 0.253 e. The van der Waals surface area contributed by atoms with E-state index < -0.39 is 0 Å². The summed E-state index contributed by atoms with van der Waals surface area (Å²) in [7, 11) is 0. The molecule has 0 aromatic heterocycles. The Morgan fingerprint density at radius 2 is 1.79 bits per heavy atom. The van der Waals surface area contributed by atoms with Crippen LogP contribution in [0.25, 0.3) is 0 Å². The van der Waals surface area contributed by atoms with Crippen LogP contribution in [0, 0.1) is 6.92 Å². The lowest BCUT2D eigenvalue weighted by Crippen LogP contribution is -2.31. The summed E-state index contributed by atoms with van der Waals surface area (Å²) < 4.78 is 0. The standard InChI is InChI=1S/C22H26ClN3O2/c1-16-9-10-18(23)14-20(16)24-15-21(27)25-19-8-6-7-17(13-19)22(28)26-11-4-2-3-5-12-26/h6-10,13-14,24H,2-5,11-12,15H2,1H3,(H,25,27). The number of hydrogen-bond acceptors (Lipinski definition) is 3. The van der Waals surface area contributed by atoms with Crippen LogP contribution in [-0.4, -0.2) is 36.3 Å². The second kappa shape index (κ2) is 9.60. The van der Waals surface area contributed by atoms with Crippen molar-refractivity contribution in [1.82, 2.24) is 4.90 Å². The van der Waals surface area contributed by atoms with Gasteiger partial charge in [-0.15, -0.1) is 0 Å². The monoisotopic (exact) mass is 399 g/mol. The van der Waals surface area contributed by atoms with Gasteiger partial charge in [-0.25, -0.2) is 0 Å². The lowest BCUT2D eigenvalue weighted by Gasteiger charge is -2.20. The van der Waals surface area contributed by atoms with E-state index in [4.69, 9.17) is 11.6 Å². The Morgan fingerprint density at radius 1 is 1.04 bits per heavy atom. The van der Waals surface area contributed by atoms with Crippen molar-refractivity contribution in [2.24, 2.45) is 0 Å². The Morgan fingerprint density at radius 3 is 2.54 bits per heavy atom. The minimum Gasteiger partial charge on any atom is -0.376 e. The van der Waals surface area contributed by atoms with Gasteiger partial charge in [0.2, 0.25) is 5.91 Å². The molecule has 0 aliphatic carbocycles. The maximum atomic E-state index is 12.8. The van der Waals surface area contributed by atoms with Crippen molar-refractivity contribution in [3.63, 3.8) is 0 Å². The number of nitrogens with one attached hydrogen (secondary N) is 2. The molecule has 0 atom stereocenters. The first-order valence-corrected chi connectivity index (χ1v) is 10.1. The van der Waals surface area contributed by atoms with Crippen molar-refractivity contribution in [2.45, 2.75) is 32.6 Å². The molecule has 1 fully saturated rings. The summed E-state index contributed by atoms with van der Waals surface area (Å²) in [5.74, 6) is -0.149. The topological polar surface area (TPSA) is 61.4 Å². The Bertz CT molecular complexity index is 845. The number of likely N-dealkylation sites (tertiary alicyclic amines) is 1. The number of rotatable bonds is 5. The molecule has 1 aliphatic rings. The SMILES string of the molecule is Cc1ccc(Cl)cc1NCC(=O)Nc1cccc(C(=O)N2CCCCCC2)c1. The minimum atomic E-state index is -0.182. The largest absolute Gasteiger partial charge is 0.376 e. The van der Waals surface area contributed by atoms with E-state index in [2.05, 4.69) is 10.6 Å². The molecule has 2 N–H and O–H groups in total. The van der Waals surface area contributed by atoms with E-state index in [1.54, 1.807) is 30.3 Å². The van der Waals surface area contributed by atoms with Crippen LogP contribution in [0.15, 0.2) is 42.5 Å². The van der Waals surface area contributed by atoms with Gasteiger partial charge in [0.15, 0.2) is 0 Å². The normalized spacial score (nSPS) is 14.3. The summed E-state index contributed by atoms with van der Waals surface area (Å²) in [4.78, 5) is 27.0. The van der Waals surface area contributed by atoms with E-state index >= 15 is 0 Å². The van der Waals surface area contributed by atoms with Crippen LogP contribution >= 0.6 is 11.6 Å². The number of carbonyl (C=O) groups excluding carboxylic acids is 2. The molecule has 2 amide bonds. The lowest BCUT2D eigenvalue weighted by molar-refractivity contribution is -0.114. The van der Waals surface area contributed by atoms with Gasteiger partial charge in [0.25, 0.3) is 5.91 Å². The molecule has 28 heavy (non-hydrogen) atoms. The van der Waals surface area contributed by atoms with E-state index in [0.29, 0.717) is 16.3 Å². The predicted molar refractivity (Wildman–Crippen MR) is 114 cm³/mol.